The molecule has 1 aliphatic heterocycles. The third-order valence-electron chi connectivity index (χ3n) is 6.70. The molecule has 0 saturated carbocycles. The number of hydrogen-bond donors (Lipinski definition) is 3. The van der Waals surface area contributed by atoms with Crippen molar-refractivity contribution in [3.63, 3.8) is 0 Å². The van der Waals surface area contributed by atoms with Crippen molar-refractivity contribution in [2.45, 2.75) is 25.7 Å². The van der Waals surface area contributed by atoms with Crippen LogP contribution in [0.25, 0.3) is 11.1 Å². The lowest BCUT2D eigenvalue weighted by atomic mass is 9.85. The van der Waals surface area contributed by atoms with E-state index in [1.807, 2.05) is 24.3 Å². The Bertz CT molecular complexity index is 1350. The van der Waals surface area contributed by atoms with Gasteiger partial charge in [0.2, 0.25) is 5.91 Å². The summed E-state index contributed by atoms with van der Waals surface area (Å²) >= 11 is 0. The minimum atomic E-state index is -0.438. The van der Waals surface area contributed by atoms with Gasteiger partial charge in [0, 0.05) is 22.7 Å². The van der Waals surface area contributed by atoms with Gasteiger partial charge in [-0.15, -0.1) is 0 Å². The SMILES string of the molecule is Cc1ccc(NCNc2cc(-c3ccccc3C(N)=O)cc3c2OCCCC3c2ccccc2)cc1. The molecule has 1 atom stereocenters. The van der Waals surface area contributed by atoms with Gasteiger partial charge in [0.25, 0.3) is 0 Å². The Balaban J connectivity index is 1.58. The summed E-state index contributed by atoms with van der Waals surface area (Å²) in [6.45, 7) is 3.26. The Kier molecular flexibility index (Phi) is 6.89. The zero-order chi connectivity index (χ0) is 24.9. The zero-order valence-corrected chi connectivity index (χ0v) is 20.5. The monoisotopic (exact) mass is 477 g/mol. The van der Waals surface area contributed by atoms with E-state index in [9.17, 15) is 4.79 Å². The van der Waals surface area contributed by atoms with E-state index in [-0.39, 0.29) is 5.92 Å². The van der Waals surface area contributed by atoms with E-state index in [0.29, 0.717) is 18.8 Å². The highest BCUT2D eigenvalue weighted by Crippen LogP contribution is 2.44. The van der Waals surface area contributed by atoms with E-state index < -0.39 is 5.91 Å². The fourth-order valence-electron chi connectivity index (χ4n) is 4.87. The fraction of sp³-hybridized carbons (Fsp3) is 0.194. The normalized spacial score (nSPS) is 14.8. The summed E-state index contributed by atoms with van der Waals surface area (Å²) in [6.07, 6.45) is 1.95. The van der Waals surface area contributed by atoms with Gasteiger partial charge in [0.15, 0.2) is 0 Å². The number of fused-ring (bicyclic) bond motifs is 1. The average Bonchev–Trinajstić information content (AvgIpc) is 3.13. The number of carbonyl (C=O) groups excluding carboxylic acids is 1. The number of aryl methyl sites for hydroxylation is 1. The number of rotatable bonds is 7. The Labute approximate surface area is 212 Å². The molecule has 5 nitrogen and oxygen atoms in total. The largest absolute Gasteiger partial charge is 0.491 e. The molecular weight excluding hydrogens is 446 g/mol. The molecule has 5 rings (SSSR count). The van der Waals surface area contributed by atoms with Crippen molar-refractivity contribution < 1.29 is 9.53 Å². The highest BCUT2D eigenvalue weighted by atomic mass is 16.5. The van der Waals surface area contributed by atoms with Crippen molar-refractivity contribution in [1.29, 1.82) is 0 Å². The molecule has 5 heteroatoms. The van der Waals surface area contributed by atoms with Gasteiger partial charge < -0.3 is 21.1 Å². The van der Waals surface area contributed by atoms with Gasteiger partial charge in [-0.05, 0) is 66.8 Å². The predicted molar refractivity (Wildman–Crippen MR) is 147 cm³/mol. The Hall–Kier alpha value is -4.25. The first kappa shape index (κ1) is 23.5. The topological polar surface area (TPSA) is 76.4 Å². The summed E-state index contributed by atoms with van der Waals surface area (Å²) < 4.78 is 6.34. The van der Waals surface area contributed by atoms with Gasteiger partial charge in [0.1, 0.15) is 5.75 Å². The van der Waals surface area contributed by atoms with Crippen LogP contribution >= 0.6 is 0 Å². The molecule has 4 aromatic rings. The van der Waals surface area contributed by atoms with Crippen molar-refractivity contribution in [1.82, 2.24) is 0 Å². The molecule has 0 fully saturated rings. The third-order valence-corrected chi connectivity index (χ3v) is 6.70. The first-order valence-corrected chi connectivity index (χ1v) is 12.4. The van der Waals surface area contributed by atoms with E-state index in [2.05, 4.69) is 78.2 Å². The van der Waals surface area contributed by atoms with Crippen LogP contribution in [0.15, 0.2) is 91.0 Å². The Morgan fingerprint density at radius 2 is 1.69 bits per heavy atom. The lowest BCUT2D eigenvalue weighted by molar-refractivity contribution is 0.100. The van der Waals surface area contributed by atoms with Crippen molar-refractivity contribution in [2.75, 3.05) is 23.9 Å². The fourth-order valence-corrected chi connectivity index (χ4v) is 4.87. The number of carbonyl (C=O) groups is 1. The van der Waals surface area contributed by atoms with Gasteiger partial charge in [-0.1, -0.05) is 66.2 Å². The minimum absolute atomic E-state index is 0.190. The number of nitrogens with two attached hydrogens (primary N) is 1. The van der Waals surface area contributed by atoms with E-state index in [4.69, 9.17) is 10.5 Å². The Morgan fingerprint density at radius 1 is 0.944 bits per heavy atom. The molecule has 0 bridgehead atoms. The smallest absolute Gasteiger partial charge is 0.249 e. The molecule has 0 aromatic heterocycles. The number of nitrogens with one attached hydrogen (secondary N) is 2. The van der Waals surface area contributed by atoms with Crippen LogP contribution in [0.4, 0.5) is 11.4 Å². The summed E-state index contributed by atoms with van der Waals surface area (Å²) in [7, 11) is 0. The Morgan fingerprint density at radius 3 is 2.47 bits per heavy atom. The summed E-state index contributed by atoms with van der Waals surface area (Å²) in [6, 6.07) is 30.6. The molecule has 36 heavy (non-hydrogen) atoms. The molecule has 1 unspecified atom stereocenters. The standard InChI is InChI=1S/C31H31N3O2/c1-21-13-15-24(16-14-21)33-20-34-29-19-23(26-10-5-6-11-27(26)31(32)35)18-28-25(12-7-17-36-30(28)29)22-8-3-2-4-9-22/h2-6,8-11,13-16,18-19,25,33-34H,7,12,17,20H2,1H3,(H2,32,35). The van der Waals surface area contributed by atoms with Crippen LogP contribution in [0.1, 0.15) is 45.8 Å². The number of primary amides is 1. The van der Waals surface area contributed by atoms with E-state index in [0.717, 1.165) is 46.7 Å². The van der Waals surface area contributed by atoms with Crippen LogP contribution in [-0.2, 0) is 0 Å². The summed E-state index contributed by atoms with van der Waals surface area (Å²) in [5, 5.41) is 6.98. The maximum Gasteiger partial charge on any atom is 0.249 e. The molecule has 0 saturated heterocycles. The second kappa shape index (κ2) is 10.6. The van der Waals surface area contributed by atoms with Crippen LogP contribution in [0.2, 0.25) is 0 Å². The number of benzene rings is 4. The van der Waals surface area contributed by atoms with E-state index in [1.165, 1.54) is 11.1 Å². The summed E-state index contributed by atoms with van der Waals surface area (Å²) in [4.78, 5) is 12.2. The van der Waals surface area contributed by atoms with Crippen LogP contribution in [-0.4, -0.2) is 19.2 Å². The molecule has 0 aliphatic carbocycles. The zero-order valence-electron chi connectivity index (χ0n) is 20.5. The predicted octanol–water partition coefficient (Wildman–Crippen LogP) is 6.55. The van der Waals surface area contributed by atoms with Crippen molar-refractivity contribution in [3.05, 3.63) is 113 Å². The molecular formula is C31H31N3O2. The number of hydrogen-bond acceptors (Lipinski definition) is 4. The molecule has 4 N–H and O–H groups in total. The van der Waals surface area contributed by atoms with Crippen molar-refractivity contribution in [3.8, 4) is 16.9 Å². The lowest BCUT2D eigenvalue weighted by Gasteiger charge is -2.22. The average molecular weight is 478 g/mol. The van der Waals surface area contributed by atoms with Gasteiger partial charge in [0.05, 0.1) is 19.0 Å². The molecule has 0 spiro atoms. The molecule has 182 valence electrons. The summed E-state index contributed by atoms with van der Waals surface area (Å²) in [5.41, 5.74) is 13.5. The quantitative estimate of drug-likeness (QED) is 0.264. The van der Waals surface area contributed by atoms with Gasteiger partial charge in [-0.2, -0.15) is 0 Å². The lowest BCUT2D eigenvalue weighted by Crippen LogP contribution is -2.14. The second-order valence-electron chi connectivity index (χ2n) is 9.20. The van der Waals surface area contributed by atoms with Gasteiger partial charge >= 0.3 is 0 Å². The third kappa shape index (κ3) is 5.05. The first-order chi connectivity index (χ1) is 17.6. The molecule has 0 radical (unpaired) electrons. The highest BCUT2D eigenvalue weighted by molar-refractivity contribution is 6.00. The van der Waals surface area contributed by atoms with Crippen LogP contribution in [0.3, 0.4) is 0 Å². The van der Waals surface area contributed by atoms with E-state index in [1.54, 1.807) is 6.07 Å². The van der Waals surface area contributed by atoms with Crippen LogP contribution in [0, 0.1) is 6.92 Å². The van der Waals surface area contributed by atoms with Crippen LogP contribution < -0.4 is 21.1 Å². The highest BCUT2D eigenvalue weighted by Gasteiger charge is 2.25. The maximum atomic E-state index is 12.2. The van der Waals surface area contributed by atoms with Crippen molar-refractivity contribution in [2.24, 2.45) is 5.73 Å². The van der Waals surface area contributed by atoms with Gasteiger partial charge in [-0.25, -0.2) is 0 Å². The number of amides is 1. The number of anilines is 2. The van der Waals surface area contributed by atoms with E-state index >= 15 is 0 Å². The van der Waals surface area contributed by atoms with Crippen LogP contribution in [0.5, 0.6) is 5.75 Å². The first-order valence-electron chi connectivity index (χ1n) is 12.4. The molecule has 1 aliphatic rings. The van der Waals surface area contributed by atoms with Crippen molar-refractivity contribution >= 4 is 17.3 Å². The second-order valence-corrected chi connectivity index (χ2v) is 9.20. The van der Waals surface area contributed by atoms with Gasteiger partial charge in [-0.3, -0.25) is 4.79 Å². The number of ether oxygens (including phenoxy) is 1. The molecule has 4 aromatic carbocycles. The summed E-state index contributed by atoms with van der Waals surface area (Å²) in [5.74, 6) is 0.620. The molecule has 1 amide bonds. The maximum absolute atomic E-state index is 12.2. The molecule has 1 heterocycles. The minimum Gasteiger partial charge on any atom is -0.491 e.